The van der Waals surface area contributed by atoms with E-state index in [0.29, 0.717) is 0 Å². The summed E-state index contributed by atoms with van der Waals surface area (Å²) >= 11 is 1.29. The van der Waals surface area contributed by atoms with Crippen LogP contribution in [0.2, 0.25) is 0 Å². The van der Waals surface area contributed by atoms with Crippen molar-refractivity contribution in [2.24, 2.45) is 0 Å². The molecule has 3 rings (SSSR count). The molecule has 0 aliphatic carbocycles. The number of hydrogen-bond donors (Lipinski definition) is 0. The predicted molar refractivity (Wildman–Crippen MR) is 89.4 cm³/mol. The fraction of sp³-hybridized carbons (Fsp3) is 0.0526. The van der Waals surface area contributed by atoms with Crippen molar-refractivity contribution >= 4 is 11.8 Å². The highest BCUT2D eigenvalue weighted by molar-refractivity contribution is 7.78. The molecule has 0 saturated heterocycles. The van der Waals surface area contributed by atoms with E-state index in [2.05, 4.69) is 61.5 Å². The number of hydrogen-bond acceptors (Lipinski definition) is 0. The average molecular weight is 279 g/mol. The molecule has 0 aliphatic rings. The van der Waals surface area contributed by atoms with Crippen LogP contribution in [0.1, 0.15) is 5.56 Å². The molecule has 100 valence electrons. The van der Waals surface area contributed by atoms with Crippen molar-refractivity contribution in [3.63, 3.8) is 0 Å². The first-order valence-corrected chi connectivity index (χ1v) is 7.57. The molecule has 3 aromatic rings. The molecule has 0 spiro atoms. The smallest absolute Gasteiger partial charge is 0.0623 e. The van der Waals surface area contributed by atoms with Crippen LogP contribution in [-0.2, 0) is 11.8 Å². The third-order valence-corrected chi connectivity index (χ3v) is 3.78. The van der Waals surface area contributed by atoms with E-state index in [9.17, 15) is 0 Å². The summed E-state index contributed by atoms with van der Waals surface area (Å²) in [5, 5.41) is 0. The summed E-state index contributed by atoms with van der Waals surface area (Å²) in [4.78, 5) is 2.70. The SMILES string of the molecule is Cc1cccc([SH+]c2ccccc2)c1.c1ccccc1. The van der Waals surface area contributed by atoms with Crippen molar-refractivity contribution < 1.29 is 0 Å². The van der Waals surface area contributed by atoms with E-state index in [1.807, 2.05) is 36.4 Å². The highest BCUT2D eigenvalue weighted by atomic mass is 32.2. The van der Waals surface area contributed by atoms with Gasteiger partial charge >= 0.3 is 0 Å². The van der Waals surface area contributed by atoms with Crippen molar-refractivity contribution in [3.8, 4) is 0 Å². The molecule has 0 aromatic heterocycles. The van der Waals surface area contributed by atoms with Gasteiger partial charge in [-0.25, -0.2) is 0 Å². The number of benzene rings is 3. The zero-order chi connectivity index (χ0) is 14.0. The quantitative estimate of drug-likeness (QED) is 0.461. The maximum absolute atomic E-state index is 2.23. The van der Waals surface area contributed by atoms with Gasteiger partial charge in [0, 0.05) is 11.8 Å². The monoisotopic (exact) mass is 279 g/mol. The minimum atomic E-state index is 1.29. The molecule has 0 amide bonds. The summed E-state index contributed by atoms with van der Waals surface area (Å²) in [6.45, 7) is 2.13. The molecule has 0 radical (unpaired) electrons. The summed E-state index contributed by atoms with van der Waals surface area (Å²) in [7, 11) is 0. The van der Waals surface area contributed by atoms with E-state index in [4.69, 9.17) is 0 Å². The van der Waals surface area contributed by atoms with Crippen molar-refractivity contribution in [2.75, 3.05) is 0 Å². The molecule has 0 aliphatic heterocycles. The van der Waals surface area contributed by atoms with Crippen LogP contribution in [0, 0.1) is 6.92 Å². The van der Waals surface area contributed by atoms with Gasteiger partial charge in [0.25, 0.3) is 0 Å². The maximum atomic E-state index is 2.23. The highest BCUT2D eigenvalue weighted by Gasteiger charge is 2.04. The molecule has 0 heterocycles. The fourth-order valence-electron chi connectivity index (χ4n) is 1.73. The van der Waals surface area contributed by atoms with Crippen molar-refractivity contribution in [1.82, 2.24) is 0 Å². The lowest BCUT2D eigenvalue weighted by atomic mass is 10.2. The average Bonchev–Trinajstić information content (AvgIpc) is 2.51. The Kier molecular flexibility index (Phi) is 5.94. The third kappa shape index (κ3) is 5.33. The normalized spacial score (nSPS) is 9.45. The van der Waals surface area contributed by atoms with Gasteiger partial charge in [-0.15, -0.1) is 0 Å². The lowest BCUT2D eigenvalue weighted by molar-refractivity contribution is 1.34. The fourth-order valence-corrected chi connectivity index (χ4v) is 2.78. The maximum Gasteiger partial charge on any atom is 0.158 e. The second-order valence-corrected chi connectivity index (χ2v) is 5.70. The van der Waals surface area contributed by atoms with E-state index in [-0.39, 0.29) is 0 Å². The van der Waals surface area contributed by atoms with Gasteiger partial charge in [0.1, 0.15) is 0 Å². The molecule has 3 aromatic carbocycles. The second kappa shape index (κ2) is 8.23. The van der Waals surface area contributed by atoms with Gasteiger partial charge in [-0.3, -0.25) is 0 Å². The van der Waals surface area contributed by atoms with E-state index >= 15 is 0 Å². The van der Waals surface area contributed by atoms with Crippen LogP contribution in [0.3, 0.4) is 0 Å². The van der Waals surface area contributed by atoms with Gasteiger partial charge in [0.05, 0.1) is 0 Å². The molecule has 0 atom stereocenters. The van der Waals surface area contributed by atoms with Crippen molar-refractivity contribution in [2.45, 2.75) is 16.7 Å². The Bertz CT molecular complexity index is 576. The second-order valence-electron chi connectivity index (χ2n) is 4.44. The van der Waals surface area contributed by atoms with Crippen LogP contribution >= 0.6 is 0 Å². The Labute approximate surface area is 125 Å². The Hall–Kier alpha value is -1.99. The molecule has 1 heteroatoms. The Morgan fingerprint density at radius 1 is 0.550 bits per heavy atom. The molecule has 0 saturated carbocycles. The van der Waals surface area contributed by atoms with Gasteiger partial charge in [-0.1, -0.05) is 66.7 Å². The van der Waals surface area contributed by atoms with Gasteiger partial charge in [0.15, 0.2) is 9.79 Å². The summed E-state index contributed by atoms with van der Waals surface area (Å²) < 4.78 is 0. The largest absolute Gasteiger partial charge is 0.158 e. The standard InChI is InChI=1S/C13H12S.C6H6/c1-11-6-5-9-13(10-11)14-12-7-3-2-4-8-12;1-2-4-6-5-3-1/h2-10H,1H3;1-6H/p+1. The van der Waals surface area contributed by atoms with Gasteiger partial charge in [-0.05, 0) is 36.8 Å². The number of rotatable bonds is 2. The van der Waals surface area contributed by atoms with Crippen LogP contribution in [0.4, 0.5) is 0 Å². The molecule has 0 unspecified atom stereocenters. The molecule has 20 heavy (non-hydrogen) atoms. The van der Waals surface area contributed by atoms with Gasteiger partial charge in [0.2, 0.25) is 0 Å². The van der Waals surface area contributed by atoms with Crippen LogP contribution in [0.5, 0.6) is 0 Å². The first-order valence-electron chi connectivity index (χ1n) is 6.68. The lowest BCUT2D eigenvalue weighted by Gasteiger charge is -1.93. The molecular weight excluding hydrogens is 260 g/mol. The van der Waals surface area contributed by atoms with Crippen molar-refractivity contribution in [3.05, 3.63) is 96.6 Å². The van der Waals surface area contributed by atoms with E-state index in [1.54, 1.807) is 0 Å². The Morgan fingerprint density at radius 3 is 1.60 bits per heavy atom. The topological polar surface area (TPSA) is 0 Å². The van der Waals surface area contributed by atoms with Crippen LogP contribution in [-0.4, -0.2) is 0 Å². The first kappa shape index (κ1) is 14.4. The summed E-state index contributed by atoms with van der Waals surface area (Å²) in [5.41, 5.74) is 1.32. The highest BCUT2D eigenvalue weighted by Crippen LogP contribution is 2.13. The van der Waals surface area contributed by atoms with E-state index < -0.39 is 0 Å². The number of thiol groups is 1. The zero-order valence-electron chi connectivity index (χ0n) is 11.6. The molecule has 0 bridgehead atoms. The van der Waals surface area contributed by atoms with Gasteiger partial charge < -0.3 is 0 Å². The van der Waals surface area contributed by atoms with E-state index in [1.165, 1.54) is 27.1 Å². The van der Waals surface area contributed by atoms with Crippen molar-refractivity contribution in [1.29, 1.82) is 0 Å². The molecular formula is C19H19S+. The molecule has 0 nitrogen and oxygen atoms in total. The lowest BCUT2D eigenvalue weighted by Crippen LogP contribution is -1.84. The van der Waals surface area contributed by atoms with Crippen LogP contribution in [0.15, 0.2) is 101 Å². The first-order chi connectivity index (χ1) is 9.84. The number of aryl methyl sites for hydroxylation is 1. The minimum absolute atomic E-state index is 1.29. The van der Waals surface area contributed by atoms with Crippen LogP contribution < -0.4 is 0 Å². The third-order valence-electron chi connectivity index (χ3n) is 2.68. The van der Waals surface area contributed by atoms with Gasteiger partial charge in [-0.2, -0.15) is 0 Å². The Morgan fingerprint density at radius 2 is 1.05 bits per heavy atom. The Balaban J connectivity index is 0.000000205. The zero-order valence-corrected chi connectivity index (χ0v) is 12.5. The minimum Gasteiger partial charge on any atom is -0.0623 e. The summed E-state index contributed by atoms with van der Waals surface area (Å²) in [6.07, 6.45) is 0. The molecule has 0 fully saturated rings. The summed E-state index contributed by atoms with van der Waals surface area (Å²) in [6, 6.07) is 31.2. The van der Waals surface area contributed by atoms with Crippen LogP contribution in [0.25, 0.3) is 0 Å². The molecule has 0 N–H and O–H groups in total. The summed E-state index contributed by atoms with van der Waals surface area (Å²) in [5.74, 6) is 0. The predicted octanol–water partition coefficient (Wildman–Crippen LogP) is 4.91. The van der Waals surface area contributed by atoms with E-state index in [0.717, 1.165) is 0 Å².